The lowest BCUT2D eigenvalue weighted by Crippen LogP contribution is -2.48. The molecule has 1 heterocycles. The molecule has 1 aliphatic heterocycles. The SMILES string of the molecule is CCOc1cc(C=NNC(=O)C(NC(=O)c2ccc3c(c2)OCO3)C(C)C)ccc1O. The van der Waals surface area contributed by atoms with Crippen LogP contribution in [-0.2, 0) is 4.79 Å². The van der Waals surface area contributed by atoms with Crippen LogP contribution in [0.5, 0.6) is 23.0 Å². The zero-order valence-electron chi connectivity index (χ0n) is 17.5. The predicted molar refractivity (Wildman–Crippen MR) is 114 cm³/mol. The minimum absolute atomic E-state index is 0.0223. The zero-order chi connectivity index (χ0) is 22.4. The van der Waals surface area contributed by atoms with E-state index in [9.17, 15) is 14.7 Å². The van der Waals surface area contributed by atoms with Crippen LogP contribution in [0.4, 0.5) is 0 Å². The van der Waals surface area contributed by atoms with E-state index in [0.29, 0.717) is 35.0 Å². The first-order valence-corrected chi connectivity index (χ1v) is 9.88. The Kier molecular flexibility index (Phi) is 6.96. The quantitative estimate of drug-likeness (QED) is 0.440. The fraction of sp³-hybridized carbons (Fsp3) is 0.318. The van der Waals surface area contributed by atoms with Gasteiger partial charge in [-0.25, -0.2) is 5.43 Å². The molecule has 0 spiro atoms. The van der Waals surface area contributed by atoms with E-state index in [0.717, 1.165) is 0 Å². The number of aromatic hydroxyl groups is 1. The molecule has 1 unspecified atom stereocenters. The van der Waals surface area contributed by atoms with Gasteiger partial charge in [-0.3, -0.25) is 9.59 Å². The molecule has 3 rings (SSSR count). The minimum atomic E-state index is -0.797. The predicted octanol–water partition coefficient (Wildman–Crippen LogP) is 2.42. The van der Waals surface area contributed by atoms with E-state index in [1.165, 1.54) is 12.3 Å². The Labute approximate surface area is 180 Å². The van der Waals surface area contributed by atoms with Gasteiger partial charge < -0.3 is 24.6 Å². The fourth-order valence-electron chi connectivity index (χ4n) is 2.92. The number of carbonyl (C=O) groups excluding carboxylic acids is 2. The fourth-order valence-corrected chi connectivity index (χ4v) is 2.92. The van der Waals surface area contributed by atoms with Crippen LogP contribution >= 0.6 is 0 Å². The van der Waals surface area contributed by atoms with Crippen molar-refractivity contribution in [3.63, 3.8) is 0 Å². The summed E-state index contributed by atoms with van der Waals surface area (Å²) in [6, 6.07) is 8.76. The summed E-state index contributed by atoms with van der Waals surface area (Å²) in [4.78, 5) is 25.2. The summed E-state index contributed by atoms with van der Waals surface area (Å²) >= 11 is 0. The molecule has 2 aromatic carbocycles. The zero-order valence-corrected chi connectivity index (χ0v) is 17.5. The van der Waals surface area contributed by atoms with Crippen molar-refractivity contribution in [2.45, 2.75) is 26.8 Å². The lowest BCUT2D eigenvalue weighted by Gasteiger charge is -2.20. The maximum absolute atomic E-state index is 12.6. The molecule has 0 radical (unpaired) electrons. The number of rotatable bonds is 8. The molecule has 1 aliphatic rings. The van der Waals surface area contributed by atoms with Gasteiger partial charge in [0.2, 0.25) is 6.79 Å². The average molecular weight is 427 g/mol. The molecule has 0 fully saturated rings. The number of nitrogens with one attached hydrogen (secondary N) is 2. The van der Waals surface area contributed by atoms with Gasteiger partial charge in [-0.05, 0) is 54.8 Å². The number of fused-ring (bicyclic) bond motifs is 1. The van der Waals surface area contributed by atoms with E-state index in [-0.39, 0.29) is 18.5 Å². The third kappa shape index (κ3) is 5.44. The summed E-state index contributed by atoms with van der Waals surface area (Å²) in [6.45, 7) is 5.97. The van der Waals surface area contributed by atoms with E-state index < -0.39 is 17.9 Å². The number of hydrogen-bond acceptors (Lipinski definition) is 7. The van der Waals surface area contributed by atoms with Crippen molar-refractivity contribution < 1.29 is 28.9 Å². The van der Waals surface area contributed by atoms with Crippen LogP contribution in [0.2, 0.25) is 0 Å². The normalized spacial score (nSPS) is 13.3. The molecule has 0 saturated heterocycles. The molecule has 0 saturated carbocycles. The van der Waals surface area contributed by atoms with Crippen molar-refractivity contribution in [2.24, 2.45) is 11.0 Å². The maximum Gasteiger partial charge on any atom is 0.262 e. The summed E-state index contributed by atoms with van der Waals surface area (Å²) in [5, 5.41) is 16.4. The first kappa shape index (κ1) is 21.9. The molecule has 2 aromatic rings. The third-order valence-corrected chi connectivity index (χ3v) is 4.54. The number of amides is 2. The van der Waals surface area contributed by atoms with E-state index in [4.69, 9.17) is 14.2 Å². The highest BCUT2D eigenvalue weighted by molar-refractivity contribution is 5.98. The lowest BCUT2D eigenvalue weighted by atomic mass is 10.0. The number of benzene rings is 2. The van der Waals surface area contributed by atoms with E-state index in [2.05, 4.69) is 15.8 Å². The monoisotopic (exact) mass is 427 g/mol. The van der Waals surface area contributed by atoms with Gasteiger partial charge in [0.1, 0.15) is 6.04 Å². The van der Waals surface area contributed by atoms with Crippen LogP contribution in [0.15, 0.2) is 41.5 Å². The summed E-state index contributed by atoms with van der Waals surface area (Å²) in [5.41, 5.74) is 3.44. The van der Waals surface area contributed by atoms with Gasteiger partial charge in [0.15, 0.2) is 23.0 Å². The third-order valence-electron chi connectivity index (χ3n) is 4.54. The Bertz CT molecular complexity index is 989. The van der Waals surface area contributed by atoms with Crippen molar-refractivity contribution in [1.29, 1.82) is 0 Å². The first-order valence-electron chi connectivity index (χ1n) is 9.88. The van der Waals surface area contributed by atoms with Gasteiger partial charge >= 0.3 is 0 Å². The number of nitrogens with zero attached hydrogens (tertiary/aromatic N) is 1. The van der Waals surface area contributed by atoms with E-state index in [1.54, 1.807) is 30.3 Å². The number of phenols is 1. The second-order valence-electron chi connectivity index (χ2n) is 7.16. The molecule has 3 N–H and O–H groups in total. The van der Waals surface area contributed by atoms with Crippen LogP contribution < -0.4 is 25.0 Å². The molecule has 31 heavy (non-hydrogen) atoms. The second kappa shape index (κ2) is 9.84. The summed E-state index contributed by atoms with van der Waals surface area (Å²) < 4.78 is 15.9. The van der Waals surface area contributed by atoms with Crippen molar-refractivity contribution >= 4 is 18.0 Å². The Balaban J connectivity index is 1.63. The Hall–Kier alpha value is -3.75. The number of ether oxygens (including phenoxy) is 3. The van der Waals surface area contributed by atoms with E-state index in [1.807, 2.05) is 20.8 Å². The highest BCUT2D eigenvalue weighted by Crippen LogP contribution is 2.32. The smallest absolute Gasteiger partial charge is 0.262 e. The van der Waals surface area contributed by atoms with Crippen molar-refractivity contribution in [1.82, 2.24) is 10.7 Å². The molecular formula is C22H25N3O6. The number of carbonyl (C=O) groups is 2. The summed E-state index contributed by atoms with van der Waals surface area (Å²) in [6.07, 6.45) is 1.43. The second-order valence-corrected chi connectivity index (χ2v) is 7.16. The molecule has 9 nitrogen and oxygen atoms in total. The highest BCUT2D eigenvalue weighted by atomic mass is 16.7. The van der Waals surface area contributed by atoms with Crippen LogP contribution in [0.25, 0.3) is 0 Å². The summed E-state index contributed by atoms with van der Waals surface area (Å²) in [5.74, 6) is 0.378. The van der Waals surface area contributed by atoms with Crippen molar-refractivity contribution in [3.05, 3.63) is 47.5 Å². The Morgan fingerprint density at radius 3 is 2.71 bits per heavy atom. The summed E-state index contributed by atoms with van der Waals surface area (Å²) in [7, 11) is 0. The molecule has 0 bridgehead atoms. The Morgan fingerprint density at radius 2 is 1.97 bits per heavy atom. The molecule has 9 heteroatoms. The number of hydrogen-bond donors (Lipinski definition) is 3. The van der Waals surface area contributed by atoms with Crippen LogP contribution in [-0.4, -0.2) is 42.6 Å². The average Bonchev–Trinajstić information content (AvgIpc) is 3.21. The molecule has 0 aromatic heterocycles. The van der Waals surface area contributed by atoms with E-state index >= 15 is 0 Å². The first-order chi connectivity index (χ1) is 14.9. The molecule has 1 atom stereocenters. The number of hydrazone groups is 1. The van der Waals surface area contributed by atoms with Crippen molar-refractivity contribution in [3.8, 4) is 23.0 Å². The maximum atomic E-state index is 12.6. The van der Waals surface area contributed by atoms with Crippen LogP contribution in [0.1, 0.15) is 36.7 Å². The largest absolute Gasteiger partial charge is 0.504 e. The highest BCUT2D eigenvalue weighted by Gasteiger charge is 2.25. The Morgan fingerprint density at radius 1 is 1.19 bits per heavy atom. The molecule has 164 valence electrons. The molecular weight excluding hydrogens is 402 g/mol. The van der Waals surface area contributed by atoms with Gasteiger partial charge in [-0.1, -0.05) is 13.8 Å². The van der Waals surface area contributed by atoms with Gasteiger partial charge in [0.05, 0.1) is 12.8 Å². The molecule has 0 aliphatic carbocycles. The topological polar surface area (TPSA) is 118 Å². The minimum Gasteiger partial charge on any atom is -0.504 e. The van der Waals surface area contributed by atoms with Crippen molar-refractivity contribution in [2.75, 3.05) is 13.4 Å². The van der Waals surface area contributed by atoms with Gasteiger partial charge in [0.25, 0.3) is 11.8 Å². The standard InChI is InChI=1S/C22H25N3O6/c1-4-29-18-9-14(5-7-16(18)26)11-23-25-22(28)20(13(2)3)24-21(27)15-6-8-17-19(10-15)31-12-30-17/h5-11,13,20,26H,4,12H2,1-3H3,(H,24,27)(H,25,28). The van der Waals surface area contributed by atoms with Gasteiger partial charge in [-0.2, -0.15) is 5.10 Å². The van der Waals surface area contributed by atoms with Crippen LogP contribution in [0, 0.1) is 5.92 Å². The van der Waals surface area contributed by atoms with Crippen LogP contribution in [0.3, 0.4) is 0 Å². The lowest BCUT2D eigenvalue weighted by molar-refractivity contribution is -0.123. The molecule has 2 amide bonds. The van der Waals surface area contributed by atoms with Gasteiger partial charge in [-0.15, -0.1) is 0 Å². The number of phenolic OH excluding ortho intramolecular Hbond substituents is 1. The van der Waals surface area contributed by atoms with Gasteiger partial charge in [0, 0.05) is 5.56 Å².